The molecule has 2 aromatic carbocycles. The summed E-state index contributed by atoms with van der Waals surface area (Å²) in [4.78, 5) is 0. The van der Waals surface area contributed by atoms with Crippen molar-refractivity contribution in [3.05, 3.63) is 83.9 Å². The lowest BCUT2D eigenvalue weighted by atomic mass is 10.1. The molecule has 0 aromatic heterocycles. The molecule has 1 aliphatic rings. The molecule has 0 radical (unpaired) electrons. The highest BCUT2D eigenvalue weighted by molar-refractivity contribution is 5.49. The fourth-order valence-electron chi connectivity index (χ4n) is 2.40. The van der Waals surface area contributed by atoms with Gasteiger partial charge in [-0.25, -0.2) is 0 Å². The van der Waals surface area contributed by atoms with Gasteiger partial charge in [0.05, 0.1) is 12.2 Å². The Labute approximate surface area is 126 Å². The van der Waals surface area contributed by atoms with Crippen LogP contribution in [0.2, 0.25) is 0 Å². The van der Waals surface area contributed by atoms with E-state index in [1.54, 1.807) is 0 Å². The van der Waals surface area contributed by atoms with Gasteiger partial charge in [0.2, 0.25) is 0 Å². The van der Waals surface area contributed by atoms with Crippen LogP contribution in [-0.4, -0.2) is 12.2 Å². The third-order valence-electron chi connectivity index (χ3n) is 3.64. The average Bonchev–Trinajstić information content (AvgIpc) is 3.28. The van der Waals surface area contributed by atoms with Gasteiger partial charge in [-0.1, -0.05) is 85.0 Å². The molecule has 0 spiro atoms. The van der Waals surface area contributed by atoms with Crippen LogP contribution in [0, 0.1) is 0 Å². The van der Waals surface area contributed by atoms with Gasteiger partial charge in [-0.3, -0.25) is 0 Å². The van der Waals surface area contributed by atoms with Gasteiger partial charge >= 0.3 is 0 Å². The highest BCUT2D eigenvalue weighted by Crippen LogP contribution is 2.29. The third kappa shape index (κ3) is 4.44. The van der Waals surface area contributed by atoms with Crippen LogP contribution in [0.1, 0.15) is 24.0 Å². The Morgan fingerprint density at radius 3 is 1.52 bits per heavy atom. The molecule has 0 unspecified atom stereocenters. The first-order valence-corrected chi connectivity index (χ1v) is 7.50. The summed E-state index contributed by atoms with van der Waals surface area (Å²) in [7, 11) is 0. The molecule has 106 valence electrons. The highest BCUT2D eigenvalue weighted by Gasteiger charge is 2.35. The minimum Gasteiger partial charge on any atom is -0.369 e. The molecule has 0 aliphatic carbocycles. The zero-order chi connectivity index (χ0) is 14.3. The van der Waals surface area contributed by atoms with E-state index in [1.807, 2.05) is 12.1 Å². The van der Waals surface area contributed by atoms with Crippen molar-refractivity contribution in [1.82, 2.24) is 0 Å². The molecular weight excluding hydrogens is 256 g/mol. The molecule has 1 fully saturated rings. The average molecular weight is 276 g/mol. The van der Waals surface area contributed by atoms with Crippen LogP contribution in [0.5, 0.6) is 0 Å². The topological polar surface area (TPSA) is 12.5 Å². The lowest BCUT2D eigenvalue weighted by Crippen LogP contribution is -1.90. The van der Waals surface area contributed by atoms with E-state index in [9.17, 15) is 0 Å². The molecule has 1 saturated heterocycles. The molecular formula is C20H20O. The van der Waals surface area contributed by atoms with Crippen molar-refractivity contribution in [2.24, 2.45) is 0 Å². The summed E-state index contributed by atoms with van der Waals surface area (Å²) in [5, 5.41) is 0. The maximum Gasteiger partial charge on any atom is 0.0879 e. The van der Waals surface area contributed by atoms with Crippen LogP contribution in [0.4, 0.5) is 0 Å². The van der Waals surface area contributed by atoms with Gasteiger partial charge in [-0.05, 0) is 24.0 Å². The van der Waals surface area contributed by atoms with E-state index in [0.29, 0.717) is 12.2 Å². The number of ether oxygens (including phenoxy) is 1. The van der Waals surface area contributed by atoms with Crippen molar-refractivity contribution in [2.45, 2.75) is 25.0 Å². The number of hydrogen-bond acceptors (Lipinski definition) is 1. The second-order valence-corrected chi connectivity index (χ2v) is 5.31. The van der Waals surface area contributed by atoms with Crippen LogP contribution in [0.25, 0.3) is 12.2 Å². The minimum atomic E-state index is 0.394. The maximum atomic E-state index is 5.69. The SMILES string of the molecule is C(=C\c1ccccc1)/C[C@H]1O[C@@H]1C/C=C/c1ccccc1. The molecule has 21 heavy (non-hydrogen) atoms. The van der Waals surface area contributed by atoms with Crippen LogP contribution < -0.4 is 0 Å². The number of epoxide rings is 1. The predicted molar refractivity (Wildman–Crippen MR) is 88.8 cm³/mol. The van der Waals surface area contributed by atoms with Gasteiger partial charge in [0.15, 0.2) is 0 Å². The van der Waals surface area contributed by atoms with Crippen molar-refractivity contribution in [3.63, 3.8) is 0 Å². The van der Waals surface area contributed by atoms with E-state index in [4.69, 9.17) is 4.74 Å². The zero-order valence-electron chi connectivity index (χ0n) is 12.1. The molecule has 1 aliphatic heterocycles. The molecule has 2 aromatic rings. The quantitative estimate of drug-likeness (QED) is 0.679. The molecule has 1 heterocycles. The Morgan fingerprint density at radius 2 is 1.10 bits per heavy atom. The predicted octanol–water partition coefficient (Wildman–Crippen LogP) is 4.96. The molecule has 0 N–H and O–H groups in total. The molecule has 0 bridgehead atoms. The Bertz CT molecular complexity index is 543. The molecule has 1 nitrogen and oxygen atoms in total. The van der Waals surface area contributed by atoms with E-state index in [0.717, 1.165) is 12.8 Å². The lowest BCUT2D eigenvalue weighted by Gasteiger charge is -1.92. The summed E-state index contributed by atoms with van der Waals surface area (Å²) in [5.74, 6) is 0. The Morgan fingerprint density at radius 1 is 0.667 bits per heavy atom. The van der Waals surface area contributed by atoms with Gasteiger partial charge in [-0.2, -0.15) is 0 Å². The van der Waals surface area contributed by atoms with E-state index in [2.05, 4.69) is 72.8 Å². The smallest absolute Gasteiger partial charge is 0.0879 e. The first kappa shape index (κ1) is 13.8. The van der Waals surface area contributed by atoms with Crippen LogP contribution >= 0.6 is 0 Å². The van der Waals surface area contributed by atoms with Crippen molar-refractivity contribution in [1.29, 1.82) is 0 Å². The molecule has 0 amide bonds. The van der Waals surface area contributed by atoms with Crippen LogP contribution in [0.3, 0.4) is 0 Å². The summed E-state index contributed by atoms with van der Waals surface area (Å²) < 4.78 is 5.69. The normalized spacial score (nSPS) is 21.1. The van der Waals surface area contributed by atoms with Gasteiger partial charge < -0.3 is 4.74 Å². The van der Waals surface area contributed by atoms with Gasteiger partial charge in [-0.15, -0.1) is 0 Å². The van der Waals surface area contributed by atoms with Gasteiger partial charge in [0, 0.05) is 0 Å². The van der Waals surface area contributed by atoms with Crippen molar-refractivity contribution in [2.75, 3.05) is 0 Å². The Kier molecular flexibility index (Phi) is 4.65. The summed E-state index contributed by atoms with van der Waals surface area (Å²) in [6.07, 6.45) is 11.5. The Balaban J connectivity index is 1.39. The largest absolute Gasteiger partial charge is 0.369 e. The summed E-state index contributed by atoms with van der Waals surface area (Å²) in [5.41, 5.74) is 2.50. The van der Waals surface area contributed by atoms with E-state index >= 15 is 0 Å². The zero-order valence-corrected chi connectivity index (χ0v) is 12.1. The van der Waals surface area contributed by atoms with Crippen LogP contribution in [0.15, 0.2) is 72.8 Å². The summed E-state index contributed by atoms with van der Waals surface area (Å²) in [6, 6.07) is 20.8. The van der Waals surface area contributed by atoms with Crippen molar-refractivity contribution < 1.29 is 4.74 Å². The van der Waals surface area contributed by atoms with Crippen molar-refractivity contribution in [3.8, 4) is 0 Å². The highest BCUT2D eigenvalue weighted by atomic mass is 16.6. The number of benzene rings is 2. The molecule has 1 heteroatoms. The molecule has 2 atom stereocenters. The monoisotopic (exact) mass is 276 g/mol. The molecule has 3 rings (SSSR count). The molecule has 0 saturated carbocycles. The third-order valence-corrected chi connectivity index (χ3v) is 3.64. The lowest BCUT2D eigenvalue weighted by molar-refractivity contribution is 0.372. The second-order valence-electron chi connectivity index (χ2n) is 5.31. The number of hydrogen-bond donors (Lipinski definition) is 0. The minimum absolute atomic E-state index is 0.394. The van der Waals surface area contributed by atoms with Gasteiger partial charge in [0.1, 0.15) is 0 Å². The van der Waals surface area contributed by atoms with E-state index in [-0.39, 0.29) is 0 Å². The van der Waals surface area contributed by atoms with E-state index in [1.165, 1.54) is 11.1 Å². The Hall–Kier alpha value is -2.12. The first-order valence-electron chi connectivity index (χ1n) is 7.50. The second kappa shape index (κ2) is 7.05. The van der Waals surface area contributed by atoms with Crippen LogP contribution in [-0.2, 0) is 4.74 Å². The number of rotatable bonds is 6. The first-order chi connectivity index (χ1) is 10.4. The summed E-state index contributed by atoms with van der Waals surface area (Å²) >= 11 is 0. The standard InChI is InChI=1S/C20H20O/c1-3-9-17(10-4-1)13-7-15-19-20(21-19)16-8-14-18-11-5-2-6-12-18/h1-14,19-20H,15-16H2/b13-7+,14-8+/t19-,20-/m1/s1. The van der Waals surface area contributed by atoms with Crippen molar-refractivity contribution >= 4 is 12.2 Å². The summed E-state index contributed by atoms with van der Waals surface area (Å²) in [6.45, 7) is 0. The fourth-order valence-corrected chi connectivity index (χ4v) is 2.40. The maximum absolute atomic E-state index is 5.69. The van der Waals surface area contributed by atoms with E-state index < -0.39 is 0 Å². The van der Waals surface area contributed by atoms with Gasteiger partial charge in [0.25, 0.3) is 0 Å². The fraction of sp³-hybridized carbons (Fsp3) is 0.200.